The van der Waals surface area contributed by atoms with Crippen molar-refractivity contribution in [1.29, 1.82) is 0 Å². The van der Waals surface area contributed by atoms with E-state index in [1.54, 1.807) is 0 Å². The summed E-state index contributed by atoms with van der Waals surface area (Å²) in [6, 6.07) is 1.76. The minimum Gasteiger partial charge on any atom is -0.263 e. The standard InChI is InChI=1S/C12H5ClF5N/c13-6-1-5(3-19-4-6)7-2-8(12(17)18)10(15)11(16)9(7)14/h1-4,12H. The van der Waals surface area contributed by atoms with Gasteiger partial charge in [0.2, 0.25) is 0 Å². The number of nitrogens with zero attached hydrogens (tertiary/aromatic N) is 1. The van der Waals surface area contributed by atoms with Crippen molar-refractivity contribution in [3.05, 3.63) is 52.6 Å². The van der Waals surface area contributed by atoms with Crippen LogP contribution in [0.25, 0.3) is 11.1 Å². The Morgan fingerprint density at radius 2 is 1.63 bits per heavy atom. The van der Waals surface area contributed by atoms with E-state index in [1.807, 2.05) is 0 Å². The van der Waals surface area contributed by atoms with E-state index in [9.17, 15) is 22.0 Å². The molecule has 7 heteroatoms. The van der Waals surface area contributed by atoms with Gasteiger partial charge in [0.05, 0.1) is 10.6 Å². The number of hydrogen-bond donors (Lipinski definition) is 0. The summed E-state index contributed by atoms with van der Waals surface area (Å²) in [7, 11) is 0. The lowest BCUT2D eigenvalue weighted by Gasteiger charge is -2.09. The lowest BCUT2D eigenvalue weighted by molar-refractivity contribution is 0.144. The third kappa shape index (κ3) is 2.53. The van der Waals surface area contributed by atoms with E-state index in [-0.39, 0.29) is 10.6 Å². The SMILES string of the molecule is Fc1c(-c2cncc(Cl)c2)cc(C(F)F)c(F)c1F. The molecule has 0 aliphatic rings. The van der Waals surface area contributed by atoms with Crippen molar-refractivity contribution < 1.29 is 22.0 Å². The van der Waals surface area contributed by atoms with Gasteiger partial charge >= 0.3 is 0 Å². The Kier molecular flexibility index (Phi) is 3.71. The highest BCUT2D eigenvalue weighted by molar-refractivity contribution is 6.30. The first-order valence-corrected chi connectivity index (χ1v) is 5.36. The highest BCUT2D eigenvalue weighted by Gasteiger charge is 2.24. The van der Waals surface area contributed by atoms with Crippen molar-refractivity contribution in [2.75, 3.05) is 0 Å². The van der Waals surface area contributed by atoms with Gasteiger partial charge in [0.1, 0.15) is 0 Å². The summed E-state index contributed by atoms with van der Waals surface area (Å²) < 4.78 is 65.1. The zero-order valence-corrected chi connectivity index (χ0v) is 9.86. The number of benzene rings is 1. The minimum absolute atomic E-state index is 0.0224. The summed E-state index contributed by atoms with van der Waals surface area (Å²) in [6.07, 6.45) is -0.922. The number of hydrogen-bond acceptors (Lipinski definition) is 1. The molecule has 0 saturated carbocycles. The first-order chi connectivity index (χ1) is 8.91. The van der Waals surface area contributed by atoms with Crippen LogP contribution in [0.1, 0.15) is 12.0 Å². The normalized spacial score (nSPS) is 11.1. The summed E-state index contributed by atoms with van der Waals surface area (Å²) >= 11 is 5.62. The van der Waals surface area contributed by atoms with Crippen LogP contribution >= 0.6 is 11.6 Å². The Morgan fingerprint density at radius 1 is 0.947 bits per heavy atom. The van der Waals surface area contributed by atoms with Crippen molar-refractivity contribution in [2.24, 2.45) is 0 Å². The first kappa shape index (κ1) is 13.7. The third-order valence-corrected chi connectivity index (χ3v) is 2.63. The van der Waals surface area contributed by atoms with Crippen LogP contribution in [-0.4, -0.2) is 4.98 Å². The molecule has 0 unspecified atom stereocenters. The highest BCUT2D eigenvalue weighted by Crippen LogP contribution is 2.33. The smallest absolute Gasteiger partial charge is 0.263 e. The molecule has 0 atom stereocenters. The maximum atomic E-state index is 13.6. The van der Waals surface area contributed by atoms with Gasteiger partial charge in [0.15, 0.2) is 17.5 Å². The van der Waals surface area contributed by atoms with Gasteiger partial charge in [-0.15, -0.1) is 0 Å². The van der Waals surface area contributed by atoms with E-state index in [2.05, 4.69) is 4.98 Å². The Hall–Kier alpha value is -1.69. The van der Waals surface area contributed by atoms with Gasteiger partial charge in [-0.25, -0.2) is 22.0 Å². The predicted molar refractivity (Wildman–Crippen MR) is 59.5 cm³/mol. The molecule has 2 rings (SSSR count). The Labute approximate surface area is 109 Å². The molecule has 0 bridgehead atoms. The Bertz CT molecular complexity index is 630. The highest BCUT2D eigenvalue weighted by atomic mass is 35.5. The van der Waals surface area contributed by atoms with E-state index in [4.69, 9.17) is 11.6 Å². The second-order valence-corrected chi connectivity index (χ2v) is 4.08. The monoisotopic (exact) mass is 293 g/mol. The van der Waals surface area contributed by atoms with E-state index in [0.717, 1.165) is 6.20 Å². The van der Waals surface area contributed by atoms with Gasteiger partial charge in [0.25, 0.3) is 6.43 Å². The lowest BCUT2D eigenvalue weighted by atomic mass is 10.0. The maximum Gasteiger partial charge on any atom is 0.266 e. The molecule has 0 amide bonds. The van der Waals surface area contributed by atoms with E-state index in [1.165, 1.54) is 12.3 Å². The van der Waals surface area contributed by atoms with Crippen molar-refractivity contribution in [1.82, 2.24) is 4.98 Å². The average Bonchev–Trinajstić information content (AvgIpc) is 2.36. The van der Waals surface area contributed by atoms with E-state index in [0.29, 0.717) is 6.07 Å². The molecule has 1 aromatic heterocycles. The zero-order chi connectivity index (χ0) is 14.2. The molecular formula is C12H5ClF5N. The largest absolute Gasteiger partial charge is 0.266 e. The number of halogens is 6. The molecule has 100 valence electrons. The quantitative estimate of drug-likeness (QED) is 0.575. The molecule has 0 saturated heterocycles. The summed E-state index contributed by atoms with van der Waals surface area (Å²) in [4.78, 5) is 3.63. The zero-order valence-electron chi connectivity index (χ0n) is 9.10. The second kappa shape index (κ2) is 5.13. The van der Waals surface area contributed by atoms with Gasteiger partial charge in [-0.2, -0.15) is 0 Å². The number of pyridine rings is 1. The molecule has 19 heavy (non-hydrogen) atoms. The van der Waals surface area contributed by atoms with Crippen LogP contribution in [0, 0.1) is 17.5 Å². The number of alkyl halides is 2. The average molecular weight is 294 g/mol. The van der Waals surface area contributed by atoms with Crippen LogP contribution in [0.2, 0.25) is 5.02 Å². The van der Waals surface area contributed by atoms with Gasteiger partial charge < -0.3 is 0 Å². The van der Waals surface area contributed by atoms with Gasteiger partial charge in [-0.3, -0.25) is 4.98 Å². The Morgan fingerprint density at radius 3 is 2.21 bits per heavy atom. The van der Waals surface area contributed by atoms with Crippen LogP contribution in [-0.2, 0) is 0 Å². The molecule has 0 radical (unpaired) electrons. The van der Waals surface area contributed by atoms with Crippen molar-refractivity contribution >= 4 is 11.6 Å². The van der Waals surface area contributed by atoms with E-state index < -0.39 is 35.0 Å². The Balaban J connectivity index is 2.70. The van der Waals surface area contributed by atoms with Crippen LogP contribution in [0.3, 0.4) is 0 Å². The minimum atomic E-state index is -3.26. The topological polar surface area (TPSA) is 12.9 Å². The summed E-state index contributed by atoms with van der Waals surface area (Å²) in [5.74, 6) is -5.41. The van der Waals surface area contributed by atoms with Crippen LogP contribution < -0.4 is 0 Å². The number of rotatable bonds is 2. The predicted octanol–water partition coefficient (Wildman–Crippen LogP) is 4.76. The fourth-order valence-corrected chi connectivity index (χ4v) is 1.73. The van der Waals surface area contributed by atoms with Crippen molar-refractivity contribution in [2.45, 2.75) is 6.43 Å². The summed E-state index contributed by atoms with van der Waals surface area (Å²) in [5, 5.41) is 0.111. The van der Waals surface area contributed by atoms with Gasteiger partial charge in [-0.1, -0.05) is 11.6 Å². The fourth-order valence-electron chi connectivity index (χ4n) is 1.55. The summed E-state index contributed by atoms with van der Waals surface area (Å²) in [5.41, 5.74) is -1.76. The van der Waals surface area contributed by atoms with E-state index >= 15 is 0 Å². The van der Waals surface area contributed by atoms with Gasteiger partial charge in [-0.05, 0) is 12.1 Å². The van der Waals surface area contributed by atoms with Crippen LogP contribution in [0.15, 0.2) is 24.5 Å². The molecule has 0 fully saturated rings. The van der Waals surface area contributed by atoms with Crippen LogP contribution in [0.4, 0.5) is 22.0 Å². The molecule has 1 nitrogen and oxygen atoms in total. The van der Waals surface area contributed by atoms with Crippen molar-refractivity contribution in [3.63, 3.8) is 0 Å². The van der Waals surface area contributed by atoms with Gasteiger partial charge in [0, 0.05) is 23.5 Å². The maximum absolute atomic E-state index is 13.6. The van der Waals surface area contributed by atoms with Crippen LogP contribution in [0.5, 0.6) is 0 Å². The third-order valence-electron chi connectivity index (χ3n) is 2.43. The fraction of sp³-hybridized carbons (Fsp3) is 0.0833. The molecule has 0 aliphatic carbocycles. The molecule has 2 aromatic rings. The molecular weight excluding hydrogens is 289 g/mol. The molecule has 1 aromatic carbocycles. The number of aromatic nitrogens is 1. The lowest BCUT2D eigenvalue weighted by Crippen LogP contribution is -2.01. The summed E-state index contributed by atoms with van der Waals surface area (Å²) in [6.45, 7) is 0. The first-order valence-electron chi connectivity index (χ1n) is 4.98. The van der Waals surface area contributed by atoms with Crippen molar-refractivity contribution in [3.8, 4) is 11.1 Å². The molecule has 0 aliphatic heterocycles. The molecule has 0 N–H and O–H groups in total. The molecule has 1 heterocycles. The second-order valence-electron chi connectivity index (χ2n) is 3.65. The molecule has 0 spiro atoms.